The highest BCUT2D eigenvalue weighted by Gasteiger charge is 2.13. The normalized spacial score (nSPS) is 12.6. The van der Waals surface area contributed by atoms with Gasteiger partial charge in [0.2, 0.25) is 0 Å². The fourth-order valence-electron chi connectivity index (χ4n) is 0.594. The molecule has 0 amide bonds. The van der Waals surface area contributed by atoms with Crippen LogP contribution in [0.5, 0.6) is 0 Å². The van der Waals surface area contributed by atoms with E-state index >= 15 is 0 Å². The molecule has 0 radical (unpaired) electrons. The number of nitrogens with zero attached hydrogens (tertiary/aromatic N) is 1. The van der Waals surface area contributed by atoms with Crippen LogP contribution >= 0.6 is 0 Å². The fraction of sp³-hybridized carbons (Fsp3) is 1.00. The number of hydrogen-bond donors (Lipinski definition) is 0. The minimum Gasteiger partial charge on any atom is -0.275 e. The Bertz CT molecular complexity index is 88.1. The maximum absolute atomic E-state index is 5.29. The van der Waals surface area contributed by atoms with Gasteiger partial charge in [-0.05, 0) is 27.7 Å². The summed E-state index contributed by atoms with van der Waals surface area (Å²) in [6.45, 7) is 8.47. The largest absolute Gasteiger partial charge is 0.275 e. The summed E-state index contributed by atoms with van der Waals surface area (Å²) in [6, 6.07) is 0. The van der Waals surface area contributed by atoms with Crippen LogP contribution in [-0.4, -0.2) is 24.5 Å². The quantitative estimate of drug-likeness (QED) is 0.566. The molecule has 3 nitrogen and oxygen atoms in total. The fourth-order valence-corrected chi connectivity index (χ4v) is 0.594. The van der Waals surface area contributed by atoms with E-state index in [2.05, 4.69) is 0 Å². The van der Waals surface area contributed by atoms with E-state index < -0.39 is 0 Å². The summed E-state index contributed by atoms with van der Waals surface area (Å²) in [5, 5.41) is 1.39. The van der Waals surface area contributed by atoms with E-state index in [0.717, 1.165) is 0 Å². The van der Waals surface area contributed by atoms with Gasteiger partial charge in [0.25, 0.3) is 0 Å². The molecule has 0 saturated heterocycles. The molecule has 10 heavy (non-hydrogen) atoms. The van der Waals surface area contributed by atoms with Crippen LogP contribution in [0, 0.1) is 0 Å². The van der Waals surface area contributed by atoms with Crippen LogP contribution in [-0.2, 0) is 9.68 Å². The smallest absolute Gasteiger partial charge is 0.0842 e. The molecule has 0 aliphatic rings. The predicted molar refractivity (Wildman–Crippen MR) is 40.2 cm³/mol. The first-order valence-electron chi connectivity index (χ1n) is 3.51. The van der Waals surface area contributed by atoms with E-state index in [1.807, 2.05) is 27.7 Å². The molecule has 62 valence electrons. The third kappa shape index (κ3) is 6.01. The molecule has 3 heteroatoms. The summed E-state index contributed by atoms with van der Waals surface area (Å²) in [7, 11) is 1.74. The average molecular weight is 147 g/mol. The van der Waals surface area contributed by atoms with Gasteiger partial charge in [0.15, 0.2) is 0 Å². The lowest BCUT2D eigenvalue weighted by atomic mass is 10.2. The molecule has 0 spiro atoms. The third-order valence-electron chi connectivity index (χ3n) is 0.713. The zero-order valence-corrected chi connectivity index (χ0v) is 7.47. The maximum atomic E-state index is 5.29. The van der Waals surface area contributed by atoms with Crippen LogP contribution in [0.25, 0.3) is 0 Å². The summed E-state index contributed by atoms with van der Waals surface area (Å²) in [4.78, 5) is 10.3. The minimum atomic E-state index is -0.177. The van der Waals surface area contributed by atoms with Crippen LogP contribution in [0.1, 0.15) is 27.7 Å². The number of hydrogen-bond acceptors (Lipinski definition) is 3. The molecule has 0 aromatic heterocycles. The average Bonchev–Trinajstić information content (AvgIpc) is 1.59. The van der Waals surface area contributed by atoms with Gasteiger partial charge >= 0.3 is 0 Å². The van der Waals surface area contributed by atoms with Crippen molar-refractivity contribution in [3.63, 3.8) is 0 Å². The molecular formula is C7H17NO2. The second-order valence-corrected chi connectivity index (χ2v) is 3.06. The summed E-state index contributed by atoms with van der Waals surface area (Å²) >= 11 is 0. The molecule has 0 fully saturated rings. The van der Waals surface area contributed by atoms with Crippen molar-refractivity contribution in [3.8, 4) is 0 Å². The molecular weight excluding hydrogens is 130 g/mol. The van der Waals surface area contributed by atoms with Gasteiger partial charge in [0, 0.05) is 7.05 Å². The molecule has 0 atom stereocenters. The summed E-state index contributed by atoms with van der Waals surface area (Å²) < 4.78 is 0. The molecule has 0 heterocycles. The van der Waals surface area contributed by atoms with Crippen molar-refractivity contribution in [2.75, 3.05) is 13.7 Å². The van der Waals surface area contributed by atoms with Crippen LogP contribution in [0.3, 0.4) is 0 Å². The number of hydroxylamine groups is 2. The van der Waals surface area contributed by atoms with Crippen LogP contribution in [0.2, 0.25) is 0 Å². The van der Waals surface area contributed by atoms with Gasteiger partial charge in [0.05, 0.1) is 12.2 Å². The monoisotopic (exact) mass is 147 g/mol. The summed E-state index contributed by atoms with van der Waals surface area (Å²) in [6.07, 6.45) is 0. The van der Waals surface area contributed by atoms with Crippen molar-refractivity contribution >= 4 is 0 Å². The molecule has 0 aliphatic heterocycles. The molecule has 0 aromatic carbocycles. The van der Waals surface area contributed by atoms with Gasteiger partial charge in [-0.15, -0.1) is 0 Å². The van der Waals surface area contributed by atoms with Crippen LogP contribution in [0.15, 0.2) is 0 Å². The Morgan fingerprint density at radius 3 is 2.10 bits per heavy atom. The third-order valence-corrected chi connectivity index (χ3v) is 0.713. The van der Waals surface area contributed by atoms with Gasteiger partial charge in [0.1, 0.15) is 0 Å². The van der Waals surface area contributed by atoms with E-state index in [1.165, 1.54) is 5.23 Å². The predicted octanol–water partition coefficient (Wildman–Crippen LogP) is 1.60. The SMILES string of the molecule is CCON(C)OC(C)(C)C. The van der Waals surface area contributed by atoms with E-state index in [0.29, 0.717) is 6.61 Å². The van der Waals surface area contributed by atoms with Crippen molar-refractivity contribution in [2.24, 2.45) is 0 Å². The Labute approximate surface area is 62.8 Å². The second-order valence-electron chi connectivity index (χ2n) is 3.06. The number of rotatable bonds is 3. The van der Waals surface area contributed by atoms with Gasteiger partial charge in [-0.25, -0.2) is 0 Å². The van der Waals surface area contributed by atoms with Gasteiger partial charge < -0.3 is 0 Å². The maximum Gasteiger partial charge on any atom is 0.0842 e. The van der Waals surface area contributed by atoms with E-state index in [1.54, 1.807) is 7.05 Å². The first-order chi connectivity index (χ1) is 4.45. The topological polar surface area (TPSA) is 21.7 Å². The van der Waals surface area contributed by atoms with E-state index in [4.69, 9.17) is 9.68 Å². The zero-order chi connectivity index (χ0) is 8.20. The van der Waals surface area contributed by atoms with Gasteiger partial charge in [-0.2, -0.15) is 0 Å². The van der Waals surface area contributed by atoms with Gasteiger partial charge in [-0.3, -0.25) is 9.68 Å². The highest BCUT2D eigenvalue weighted by molar-refractivity contribution is 4.55. The van der Waals surface area contributed by atoms with Crippen molar-refractivity contribution in [3.05, 3.63) is 0 Å². The second kappa shape index (κ2) is 3.91. The lowest BCUT2D eigenvalue weighted by Crippen LogP contribution is -2.31. The molecule has 0 bridgehead atoms. The van der Waals surface area contributed by atoms with Gasteiger partial charge in [-0.1, -0.05) is 5.23 Å². The Morgan fingerprint density at radius 1 is 1.30 bits per heavy atom. The van der Waals surface area contributed by atoms with Crippen molar-refractivity contribution in [1.82, 2.24) is 5.23 Å². The lowest BCUT2D eigenvalue weighted by Gasteiger charge is -2.25. The standard InChI is InChI=1S/C7H17NO2/c1-6-9-8(5)10-7(2,3)4/h6H2,1-5H3. The molecule has 0 aromatic rings. The summed E-state index contributed by atoms with van der Waals surface area (Å²) in [5.41, 5.74) is -0.177. The molecule has 0 saturated carbocycles. The Hall–Kier alpha value is -0.120. The zero-order valence-electron chi connectivity index (χ0n) is 7.47. The Balaban J connectivity index is 3.47. The van der Waals surface area contributed by atoms with E-state index in [-0.39, 0.29) is 5.60 Å². The first-order valence-corrected chi connectivity index (χ1v) is 3.51. The summed E-state index contributed by atoms with van der Waals surface area (Å²) in [5.74, 6) is 0. The van der Waals surface area contributed by atoms with E-state index in [9.17, 15) is 0 Å². The van der Waals surface area contributed by atoms with Crippen LogP contribution < -0.4 is 0 Å². The van der Waals surface area contributed by atoms with Crippen LogP contribution in [0.4, 0.5) is 0 Å². The molecule has 0 rings (SSSR count). The van der Waals surface area contributed by atoms with Crippen molar-refractivity contribution in [1.29, 1.82) is 0 Å². The first kappa shape index (κ1) is 9.88. The molecule has 0 aliphatic carbocycles. The Morgan fingerprint density at radius 2 is 1.80 bits per heavy atom. The lowest BCUT2D eigenvalue weighted by molar-refractivity contribution is -0.385. The minimum absolute atomic E-state index is 0.177. The molecule has 0 unspecified atom stereocenters. The Kier molecular flexibility index (Phi) is 3.86. The van der Waals surface area contributed by atoms with Crippen molar-refractivity contribution in [2.45, 2.75) is 33.3 Å². The van der Waals surface area contributed by atoms with Crippen molar-refractivity contribution < 1.29 is 9.68 Å². The molecule has 0 N–H and O–H groups in total. The highest BCUT2D eigenvalue weighted by atomic mass is 17.0. The highest BCUT2D eigenvalue weighted by Crippen LogP contribution is 2.08.